The molecule has 116 valence electrons. The van der Waals surface area contributed by atoms with Gasteiger partial charge in [0.05, 0.1) is 0 Å². The van der Waals surface area contributed by atoms with Crippen LogP contribution in [0.5, 0.6) is 0 Å². The van der Waals surface area contributed by atoms with Crippen LogP contribution in [0.1, 0.15) is 18.1 Å². The van der Waals surface area contributed by atoms with E-state index in [2.05, 4.69) is 30.3 Å². The Hall–Kier alpha value is -0.892. The summed E-state index contributed by atoms with van der Waals surface area (Å²) in [4.78, 5) is 12.3. The summed E-state index contributed by atoms with van der Waals surface area (Å²) in [5.74, 6) is 0.737. The van der Waals surface area contributed by atoms with E-state index in [0.29, 0.717) is 0 Å². The van der Waals surface area contributed by atoms with E-state index in [1.54, 1.807) is 11.8 Å². The van der Waals surface area contributed by atoms with Crippen molar-refractivity contribution in [2.45, 2.75) is 27.5 Å². The molecule has 0 saturated heterocycles. The number of nitrogens with two attached hydrogens (primary N) is 1. The van der Waals surface area contributed by atoms with Crippen LogP contribution in [0.2, 0.25) is 9.73 Å². The molecule has 0 bridgehead atoms. The van der Waals surface area contributed by atoms with E-state index in [9.17, 15) is 4.79 Å². The van der Waals surface area contributed by atoms with Crippen LogP contribution in [0.3, 0.4) is 0 Å². The first-order valence-electron chi connectivity index (χ1n) is 7.03. The van der Waals surface area contributed by atoms with Gasteiger partial charge in [0.25, 0.3) is 0 Å². The minimum absolute atomic E-state index is 0.0527. The van der Waals surface area contributed by atoms with Crippen LogP contribution in [0.25, 0.3) is 0 Å². The summed E-state index contributed by atoms with van der Waals surface area (Å²) in [5.41, 5.74) is 7.83. The second-order valence-corrected chi connectivity index (χ2v) is 9.97. The van der Waals surface area contributed by atoms with E-state index in [1.807, 2.05) is 25.1 Å². The predicted octanol–water partition coefficient (Wildman–Crippen LogP) is 3.86. The molecule has 0 fully saturated rings. The van der Waals surface area contributed by atoms with Gasteiger partial charge < -0.3 is 0 Å². The molecular weight excluding hydrogens is 377 g/mol. The monoisotopic (exact) mass is 395 g/mol. The molecule has 2 aromatic carbocycles. The van der Waals surface area contributed by atoms with Crippen molar-refractivity contribution in [1.29, 1.82) is 0 Å². The summed E-state index contributed by atoms with van der Waals surface area (Å²) in [6, 6.07) is 16.5. The first-order valence-corrected chi connectivity index (χ1v) is 11.1. The van der Waals surface area contributed by atoms with Crippen LogP contribution in [0.15, 0.2) is 53.4 Å². The molecule has 0 aliphatic heterocycles. The van der Waals surface area contributed by atoms with Crippen molar-refractivity contribution >= 4 is 45.0 Å². The molecule has 0 aromatic heterocycles. The van der Waals surface area contributed by atoms with Crippen LogP contribution in [-0.2, 0) is 15.8 Å². The van der Waals surface area contributed by atoms with E-state index in [1.165, 1.54) is 16.0 Å². The maximum absolute atomic E-state index is 11.1. The van der Waals surface area contributed by atoms with Crippen molar-refractivity contribution in [3.05, 3.63) is 64.7 Å². The molecular formula is C17H19AsClNOS. The number of hydrogen-bond acceptors (Lipinski definition) is 2. The average Bonchev–Trinajstić information content (AvgIpc) is 2.51. The maximum atomic E-state index is 11.1. The number of amides is 1. The summed E-state index contributed by atoms with van der Waals surface area (Å²) in [6.07, 6.45) is 0. The van der Waals surface area contributed by atoms with Gasteiger partial charge in [0, 0.05) is 0 Å². The molecule has 0 aliphatic rings. The topological polar surface area (TPSA) is 43.1 Å². The number of primary amides is 1. The molecule has 0 saturated carbocycles. The molecule has 1 amide bonds. The first-order chi connectivity index (χ1) is 10.5. The standard InChI is InChI=1S/C17H19AsClNOS/c1-12(17(20)21)18-10-13-5-7-16(8-6-13)22-11-14-3-2-4-15(19)9-14/h2-9,12,18H,10-11H2,1H3,(H2,20,21). The van der Waals surface area contributed by atoms with Crippen LogP contribution >= 0.6 is 23.4 Å². The Kier molecular flexibility index (Phi) is 6.88. The molecule has 2 rings (SSSR count). The molecule has 5 heteroatoms. The number of carbonyl (C=O) groups is 1. The quantitative estimate of drug-likeness (QED) is 0.571. The Morgan fingerprint density at radius 1 is 1.23 bits per heavy atom. The minimum atomic E-state index is -0.349. The summed E-state index contributed by atoms with van der Waals surface area (Å²) in [5, 5.41) is 1.78. The third-order valence-corrected chi connectivity index (χ3v) is 7.74. The van der Waals surface area contributed by atoms with Crippen molar-refractivity contribution < 1.29 is 4.79 Å². The number of hydrogen-bond donors (Lipinski definition) is 1. The number of carbonyl (C=O) groups excluding carboxylic acids is 1. The number of thioether (sulfide) groups is 1. The van der Waals surface area contributed by atoms with Crippen molar-refractivity contribution in [3.8, 4) is 0 Å². The molecule has 0 radical (unpaired) electrons. The first kappa shape index (κ1) is 17.5. The molecule has 0 aliphatic carbocycles. The third-order valence-electron chi connectivity index (χ3n) is 3.26. The van der Waals surface area contributed by atoms with Gasteiger partial charge in [0.1, 0.15) is 0 Å². The van der Waals surface area contributed by atoms with Crippen LogP contribution in [0, 0.1) is 0 Å². The predicted molar refractivity (Wildman–Crippen MR) is 96.9 cm³/mol. The molecule has 0 spiro atoms. The van der Waals surface area contributed by atoms with E-state index in [-0.39, 0.29) is 26.4 Å². The van der Waals surface area contributed by atoms with Gasteiger partial charge in [0.2, 0.25) is 0 Å². The zero-order valence-electron chi connectivity index (χ0n) is 12.4. The Morgan fingerprint density at radius 3 is 2.59 bits per heavy atom. The van der Waals surface area contributed by atoms with Crippen molar-refractivity contribution in [3.63, 3.8) is 0 Å². The van der Waals surface area contributed by atoms with E-state index >= 15 is 0 Å². The molecule has 22 heavy (non-hydrogen) atoms. The normalized spacial score (nSPS) is 12.6. The van der Waals surface area contributed by atoms with Crippen molar-refractivity contribution in [2.24, 2.45) is 5.73 Å². The average molecular weight is 396 g/mol. The number of rotatable bonds is 7. The van der Waals surface area contributed by atoms with E-state index in [4.69, 9.17) is 17.3 Å². The molecule has 2 atom stereocenters. The van der Waals surface area contributed by atoms with Crippen LogP contribution < -0.4 is 5.73 Å². The fraction of sp³-hybridized carbons (Fsp3) is 0.235. The second-order valence-electron chi connectivity index (χ2n) is 5.07. The SMILES string of the molecule is CC([AsH]Cc1ccc(SCc2cccc(Cl)c2)cc1)C(N)=O. The van der Waals surface area contributed by atoms with E-state index in [0.717, 1.165) is 16.0 Å². The Bertz CT molecular complexity index is 633. The van der Waals surface area contributed by atoms with Crippen LogP contribution in [-0.4, -0.2) is 21.7 Å². The molecule has 2 aromatic rings. The van der Waals surface area contributed by atoms with Gasteiger partial charge in [-0.2, -0.15) is 0 Å². The van der Waals surface area contributed by atoms with E-state index < -0.39 is 0 Å². The van der Waals surface area contributed by atoms with Gasteiger partial charge >= 0.3 is 148 Å². The Morgan fingerprint density at radius 2 is 1.95 bits per heavy atom. The van der Waals surface area contributed by atoms with Gasteiger partial charge in [-0.25, -0.2) is 0 Å². The molecule has 0 heterocycles. The Balaban J connectivity index is 1.85. The summed E-state index contributed by atoms with van der Waals surface area (Å²) < 4.78 is 0.0527. The van der Waals surface area contributed by atoms with Gasteiger partial charge in [-0.1, -0.05) is 0 Å². The van der Waals surface area contributed by atoms with Gasteiger partial charge in [0.15, 0.2) is 0 Å². The van der Waals surface area contributed by atoms with Crippen molar-refractivity contribution in [1.82, 2.24) is 0 Å². The zero-order valence-corrected chi connectivity index (χ0v) is 16.1. The molecule has 2 unspecified atom stereocenters. The fourth-order valence-corrected chi connectivity index (χ4v) is 4.98. The van der Waals surface area contributed by atoms with Crippen LogP contribution in [0.4, 0.5) is 0 Å². The molecule has 2 nitrogen and oxygen atoms in total. The summed E-state index contributed by atoms with van der Waals surface area (Å²) in [6.45, 7) is 1.93. The number of halogens is 1. The third kappa shape index (κ3) is 5.72. The summed E-state index contributed by atoms with van der Waals surface area (Å²) in [7, 11) is 0. The second kappa shape index (κ2) is 8.67. The fourth-order valence-electron chi connectivity index (χ4n) is 1.87. The van der Waals surface area contributed by atoms with Gasteiger partial charge in [-0.15, -0.1) is 0 Å². The van der Waals surface area contributed by atoms with Crippen molar-refractivity contribution in [2.75, 3.05) is 0 Å². The Labute approximate surface area is 147 Å². The zero-order chi connectivity index (χ0) is 15.9. The molecule has 2 N–H and O–H groups in total. The van der Waals surface area contributed by atoms with Gasteiger partial charge in [-0.05, 0) is 0 Å². The summed E-state index contributed by atoms with van der Waals surface area (Å²) >= 11 is 7.44. The number of benzene rings is 2. The van der Waals surface area contributed by atoms with Gasteiger partial charge in [-0.3, -0.25) is 0 Å².